The summed E-state index contributed by atoms with van der Waals surface area (Å²) in [6.07, 6.45) is 3.96. The molecule has 1 heterocycles. The average Bonchev–Trinajstić information content (AvgIpc) is 3.25. The van der Waals surface area contributed by atoms with Crippen LogP contribution < -0.4 is 4.72 Å². The second-order valence-corrected chi connectivity index (χ2v) is 8.56. The number of nitro benzene ring substituents is 1. The summed E-state index contributed by atoms with van der Waals surface area (Å²) in [5.41, 5.74) is 0.535. The molecule has 0 saturated heterocycles. The van der Waals surface area contributed by atoms with E-state index < -0.39 is 20.6 Å². The molecule has 1 fully saturated rings. The Morgan fingerprint density at radius 2 is 1.92 bits per heavy atom. The summed E-state index contributed by atoms with van der Waals surface area (Å²) in [6, 6.07) is 7.47. The van der Waals surface area contributed by atoms with Gasteiger partial charge in [0.25, 0.3) is 5.69 Å². The molecule has 0 amide bonds. The molecule has 0 atom stereocenters. The summed E-state index contributed by atoms with van der Waals surface area (Å²) >= 11 is 1.59. The molecule has 0 spiro atoms. The van der Waals surface area contributed by atoms with Gasteiger partial charge in [-0.25, -0.2) is 13.1 Å². The van der Waals surface area contributed by atoms with E-state index in [9.17, 15) is 18.5 Å². The van der Waals surface area contributed by atoms with Crippen LogP contribution in [0, 0.1) is 10.1 Å². The molecule has 1 saturated carbocycles. The first kappa shape index (κ1) is 17.1. The van der Waals surface area contributed by atoms with Crippen LogP contribution in [-0.4, -0.2) is 19.9 Å². The highest BCUT2D eigenvalue weighted by molar-refractivity contribution is 7.89. The molecule has 1 aliphatic carbocycles. The van der Waals surface area contributed by atoms with Crippen LogP contribution in [0.25, 0.3) is 0 Å². The first-order valence-electron chi connectivity index (χ1n) is 7.70. The van der Waals surface area contributed by atoms with E-state index in [1.807, 2.05) is 11.4 Å². The Morgan fingerprint density at radius 3 is 2.54 bits per heavy atom. The van der Waals surface area contributed by atoms with Gasteiger partial charge in [0.2, 0.25) is 10.0 Å². The van der Waals surface area contributed by atoms with E-state index >= 15 is 0 Å². The molecule has 2 aromatic rings. The highest BCUT2D eigenvalue weighted by Gasteiger charge is 2.37. The van der Waals surface area contributed by atoms with Crippen LogP contribution in [0.15, 0.2) is 46.0 Å². The molecule has 128 valence electrons. The normalized spacial score (nSPS) is 17.0. The third kappa shape index (κ3) is 3.22. The lowest BCUT2D eigenvalue weighted by Gasteiger charge is -2.28. The largest absolute Gasteiger partial charge is 0.289 e. The zero-order chi connectivity index (χ0) is 17.2. The van der Waals surface area contributed by atoms with Gasteiger partial charge in [-0.05, 0) is 41.3 Å². The number of hydrogen-bond acceptors (Lipinski definition) is 5. The number of thiophene rings is 1. The number of sulfonamides is 1. The van der Waals surface area contributed by atoms with Gasteiger partial charge in [-0.3, -0.25) is 10.1 Å². The smallest absolute Gasteiger partial charge is 0.258 e. The average molecular weight is 366 g/mol. The van der Waals surface area contributed by atoms with Crippen LogP contribution in [0.4, 0.5) is 5.69 Å². The van der Waals surface area contributed by atoms with E-state index in [0.29, 0.717) is 0 Å². The maximum Gasteiger partial charge on any atom is 0.289 e. The highest BCUT2D eigenvalue weighted by atomic mass is 32.2. The minimum Gasteiger partial charge on any atom is -0.258 e. The predicted octanol–water partition coefficient (Wildman–Crippen LogP) is 3.45. The molecule has 0 aliphatic heterocycles. The van der Waals surface area contributed by atoms with Gasteiger partial charge in [-0.15, -0.1) is 0 Å². The van der Waals surface area contributed by atoms with Gasteiger partial charge >= 0.3 is 0 Å². The Morgan fingerprint density at radius 1 is 1.21 bits per heavy atom. The quantitative estimate of drug-likeness (QED) is 0.626. The summed E-state index contributed by atoms with van der Waals surface area (Å²) in [5, 5.41) is 15.1. The lowest BCUT2D eigenvalue weighted by Crippen LogP contribution is -2.38. The number of nitro groups is 1. The number of para-hydroxylation sites is 1. The third-order valence-corrected chi connectivity index (χ3v) is 6.78. The van der Waals surface area contributed by atoms with Gasteiger partial charge in [0.05, 0.1) is 4.92 Å². The fraction of sp³-hybridized carbons (Fsp3) is 0.375. The summed E-state index contributed by atoms with van der Waals surface area (Å²) in [5.74, 6) is 0. The SMILES string of the molecule is O=[N+]([O-])c1ccccc1S(=O)(=O)NCC1(c2ccsc2)CCCC1. The maximum atomic E-state index is 12.6. The van der Waals surface area contributed by atoms with Crippen molar-refractivity contribution in [3.63, 3.8) is 0 Å². The first-order valence-corrected chi connectivity index (χ1v) is 10.1. The fourth-order valence-electron chi connectivity index (χ4n) is 3.33. The van der Waals surface area contributed by atoms with Crippen molar-refractivity contribution in [3.05, 3.63) is 56.8 Å². The molecule has 1 aromatic carbocycles. The number of nitrogens with one attached hydrogen (secondary N) is 1. The molecule has 1 N–H and O–H groups in total. The van der Waals surface area contributed by atoms with Crippen molar-refractivity contribution in [2.24, 2.45) is 0 Å². The second-order valence-electron chi connectivity index (χ2n) is 6.05. The van der Waals surface area contributed by atoms with Crippen molar-refractivity contribution < 1.29 is 13.3 Å². The Kier molecular flexibility index (Phi) is 4.71. The molecular weight excluding hydrogens is 348 g/mol. The van der Waals surface area contributed by atoms with E-state index in [2.05, 4.69) is 10.1 Å². The Bertz CT molecular complexity index is 826. The molecule has 1 aliphatic rings. The molecule has 24 heavy (non-hydrogen) atoms. The van der Waals surface area contributed by atoms with Crippen LogP contribution in [0.3, 0.4) is 0 Å². The maximum absolute atomic E-state index is 12.6. The molecule has 1 aromatic heterocycles. The van der Waals surface area contributed by atoms with E-state index in [1.54, 1.807) is 11.3 Å². The van der Waals surface area contributed by atoms with Gasteiger partial charge in [0, 0.05) is 18.0 Å². The van der Waals surface area contributed by atoms with Gasteiger partial charge in [-0.2, -0.15) is 11.3 Å². The third-order valence-electron chi connectivity index (χ3n) is 4.65. The summed E-state index contributed by atoms with van der Waals surface area (Å²) in [4.78, 5) is 10.1. The van der Waals surface area contributed by atoms with Gasteiger partial charge < -0.3 is 0 Å². The molecule has 3 rings (SSSR count). The van der Waals surface area contributed by atoms with Crippen molar-refractivity contribution in [2.45, 2.75) is 36.0 Å². The molecule has 8 heteroatoms. The van der Waals surface area contributed by atoms with Crippen LogP contribution in [0.1, 0.15) is 31.2 Å². The highest BCUT2D eigenvalue weighted by Crippen LogP contribution is 2.41. The van der Waals surface area contributed by atoms with Crippen molar-refractivity contribution in [3.8, 4) is 0 Å². The molecule has 0 unspecified atom stereocenters. The minimum absolute atomic E-state index is 0.212. The lowest BCUT2D eigenvalue weighted by molar-refractivity contribution is -0.387. The van der Waals surface area contributed by atoms with Crippen LogP contribution in [0.2, 0.25) is 0 Å². The van der Waals surface area contributed by atoms with Gasteiger partial charge in [0.1, 0.15) is 0 Å². The number of hydrogen-bond donors (Lipinski definition) is 1. The monoisotopic (exact) mass is 366 g/mol. The van der Waals surface area contributed by atoms with E-state index in [1.165, 1.54) is 24.3 Å². The van der Waals surface area contributed by atoms with Crippen LogP contribution >= 0.6 is 11.3 Å². The zero-order valence-corrected chi connectivity index (χ0v) is 14.6. The number of rotatable bonds is 6. The minimum atomic E-state index is -3.94. The second kappa shape index (κ2) is 6.62. The first-order chi connectivity index (χ1) is 11.4. The molecule has 0 radical (unpaired) electrons. The van der Waals surface area contributed by atoms with E-state index in [0.717, 1.165) is 31.2 Å². The Labute approximate surface area is 144 Å². The van der Waals surface area contributed by atoms with Crippen LogP contribution in [0.5, 0.6) is 0 Å². The fourth-order valence-corrected chi connectivity index (χ4v) is 5.41. The summed E-state index contributed by atoms with van der Waals surface area (Å²) < 4.78 is 27.8. The van der Waals surface area contributed by atoms with Crippen molar-refractivity contribution in [1.82, 2.24) is 4.72 Å². The van der Waals surface area contributed by atoms with Crippen LogP contribution in [-0.2, 0) is 15.4 Å². The molecular formula is C16H18N2O4S2. The van der Waals surface area contributed by atoms with E-state index in [-0.39, 0.29) is 16.9 Å². The Hall–Kier alpha value is -1.77. The van der Waals surface area contributed by atoms with E-state index in [4.69, 9.17) is 0 Å². The van der Waals surface area contributed by atoms with Crippen molar-refractivity contribution >= 4 is 27.0 Å². The lowest BCUT2D eigenvalue weighted by atomic mass is 9.81. The van der Waals surface area contributed by atoms with Gasteiger partial charge in [-0.1, -0.05) is 25.0 Å². The Balaban J connectivity index is 1.87. The van der Waals surface area contributed by atoms with Crippen molar-refractivity contribution in [1.29, 1.82) is 0 Å². The van der Waals surface area contributed by atoms with Gasteiger partial charge in [0.15, 0.2) is 4.90 Å². The summed E-state index contributed by atoms with van der Waals surface area (Å²) in [7, 11) is -3.94. The predicted molar refractivity (Wildman–Crippen MR) is 92.7 cm³/mol. The standard InChI is InChI=1S/C16H18N2O4S2/c19-18(20)14-5-1-2-6-15(14)24(21,22)17-12-16(8-3-4-9-16)13-7-10-23-11-13/h1-2,5-7,10-11,17H,3-4,8-9,12H2. The van der Waals surface area contributed by atoms with Crippen molar-refractivity contribution in [2.75, 3.05) is 6.54 Å². The number of nitrogens with zero attached hydrogens (tertiary/aromatic N) is 1. The molecule has 0 bridgehead atoms. The zero-order valence-electron chi connectivity index (χ0n) is 13.0. The summed E-state index contributed by atoms with van der Waals surface area (Å²) in [6.45, 7) is 0.262. The molecule has 6 nitrogen and oxygen atoms in total. The topological polar surface area (TPSA) is 89.3 Å². The number of benzene rings is 1.